The predicted octanol–water partition coefficient (Wildman–Crippen LogP) is 5.20. The third-order valence-electron chi connectivity index (χ3n) is 6.43. The van der Waals surface area contributed by atoms with Crippen molar-refractivity contribution in [3.05, 3.63) is 100 Å². The van der Waals surface area contributed by atoms with Gasteiger partial charge in [-0.2, -0.15) is 0 Å². The molecule has 5 heteroatoms. The van der Waals surface area contributed by atoms with Crippen molar-refractivity contribution in [3.8, 4) is 0 Å². The first kappa shape index (κ1) is 20.8. The lowest BCUT2D eigenvalue weighted by atomic mass is 10.0. The van der Waals surface area contributed by atoms with Crippen molar-refractivity contribution in [2.24, 2.45) is 0 Å². The largest absolute Gasteiger partial charge is 0.311 e. The van der Waals surface area contributed by atoms with Gasteiger partial charge in [-0.3, -0.25) is 9.59 Å². The lowest BCUT2D eigenvalue weighted by molar-refractivity contribution is -0.123. The Morgan fingerprint density at radius 2 is 1.69 bits per heavy atom. The SMILES string of the molecule is Cc1ccc(CN2C(=O)C3(SCCN3C(=O)c3ccccc3C)c3cc(C)ccc32)cc1. The maximum Gasteiger partial charge on any atom is 0.268 e. The highest BCUT2D eigenvalue weighted by Gasteiger charge is 2.59. The minimum atomic E-state index is -1.01. The zero-order chi connectivity index (χ0) is 22.5. The van der Waals surface area contributed by atoms with Crippen LogP contribution in [-0.2, 0) is 16.2 Å². The van der Waals surface area contributed by atoms with E-state index in [1.807, 2.05) is 55.1 Å². The number of rotatable bonds is 3. The summed E-state index contributed by atoms with van der Waals surface area (Å²) in [5.74, 6) is 0.629. The summed E-state index contributed by atoms with van der Waals surface area (Å²) >= 11 is 1.58. The van der Waals surface area contributed by atoms with Crippen molar-refractivity contribution in [2.75, 3.05) is 17.2 Å². The lowest BCUT2D eigenvalue weighted by Gasteiger charge is -2.33. The minimum absolute atomic E-state index is 0.0249. The van der Waals surface area contributed by atoms with E-state index >= 15 is 0 Å². The summed E-state index contributed by atoms with van der Waals surface area (Å²) in [6.07, 6.45) is 0. The fourth-order valence-electron chi connectivity index (χ4n) is 4.72. The second-order valence-corrected chi connectivity index (χ2v) is 9.95. The number of thioether (sulfide) groups is 1. The zero-order valence-electron chi connectivity index (χ0n) is 18.6. The Morgan fingerprint density at radius 1 is 0.969 bits per heavy atom. The summed E-state index contributed by atoms with van der Waals surface area (Å²) in [4.78, 5) is 30.5. The molecule has 3 aromatic rings. The van der Waals surface area contributed by atoms with Crippen LogP contribution in [0.2, 0.25) is 0 Å². The number of amides is 2. The molecule has 32 heavy (non-hydrogen) atoms. The third kappa shape index (κ3) is 3.15. The standard InChI is InChI=1S/C27H26N2O2S/c1-18-8-11-21(12-9-18)17-28-24-13-10-19(2)16-23(24)27(26(28)31)29(14-15-32-27)25(30)22-7-5-4-6-20(22)3/h4-13,16H,14-15,17H2,1-3H3. The van der Waals surface area contributed by atoms with E-state index in [2.05, 4.69) is 37.3 Å². The fourth-order valence-corrected chi connectivity index (χ4v) is 6.17. The Labute approximate surface area is 193 Å². The highest BCUT2D eigenvalue weighted by Crippen LogP contribution is 2.55. The monoisotopic (exact) mass is 442 g/mol. The molecule has 0 aliphatic carbocycles. The van der Waals surface area contributed by atoms with Crippen LogP contribution >= 0.6 is 11.8 Å². The van der Waals surface area contributed by atoms with Crippen molar-refractivity contribution in [2.45, 2.75) is 32.2 Å². The molecule has 5 rings (SSSR count). The molecule has 2 heterocycles. The first-order chi connectivity index (χ1) is 15.4. The summed E-state index contributed by atoms with van der Waals surface area (Å²) < 4.78 is 0. The van der Waals surface area contributed by atoms with E-state index in [4.69, 9.17) is 0 Å². The van der Waals surface area contributed by atoms with Gasteiger partial charge in [-0.1, -0.05) is 65.7 Å². The Kier molecular flexibility index (Phi) is 5.09. The average Bonchev–Trinajstić information content (AvgIpc) is 3.32. The molecular weight excluding hydrogens is 416 g/mol. The molecule has 0 bridgehead atoms. The van der Waals surface area contributed by atoms with Crippen LogP contribution in [0.4, 0.5) is 5.69 Å². The van der Waals surface area contributed by atoms with Gasteiger partial charge in [-0.25, -0.2) is 0 Å². The molecule has 4 nitrogen and oxygen atoms in total. The van der Waals surface area contributed by atoms with Crippen LogP contribution in [0.3, 0.4) is 0 Å². The molecule has 0 aromatic heterocycles. The van der Waals surface area contributed by atoms with Gasteiger partial charge in [0.05, 0.1) is 12.2 Å². The third-order valence-corrected chi connectivity index (χ3v) is 7.85. The molecule has 0 saturated carbocycles. The molecule has 1 fully saturated rings. The zero-order valence-corrected chi connectivity index (χ0v) is 19.4. The summed E-state index contributed by atoms with van der Waals surface area (Å²) in [5.41, 5.74) is 6.77. The average molecular weight is 443 g/mol. The van der Waals surface area contributed by atoms with E-state index in [0.717, 1.165) is 33.7 Å². The Bertz CT molecular complexity index is 1220. The fraction of sp³-hybridized carbons (Fsp3) is 0.259. The first-order valence-corrected chi connectivity index (χ1v) is 11.9. The van der Waals surface area contributed by atoms with Gasteiger partial charge in [0.15, 0.2) is 4.87 Å². The summed E-state index contributed by atoms with van der Waals surface area (Å²) in [6.45, 7) is 7.08. The van der Waals surface area contributed by atoms with E-state index in [9.17, 15) is 9.59 Å². The van der Waals surface area contributed by atoms with Crippen molar-refractivity contribution < 1.29 is 9.59 Å². The molecule has 3 aromatic carbocycles. The van der Waals surface area contributed by atoms with Crippen LogP contribution in [0, 0.1) is 20.8 Å². The van der Waals surface area contributed by atoms with Gasteiger partial charge in [0, 0.05) is 23.4 Å². The molecule has 0 radical (unpaired) electrons. The number of nitrogens with zero attached hydrogens (tertiary/aromatic N) is 2. The highest BCUT2D eigenvalue weighted by atomic mass is 32.2. The van der Waals surface area contributed by atoms with E-state index in [1.54, 1.807) is 16.7 Å². The highest BCUT2D eigenvalue weighted by molar-refractivity contribution is 8.01. The molecule has 2 aliphatic heterocycles. The summed E-state index contributed by atoms with van der Waals surface area (Å²) in [5, 5.41) is 0. The van der Waals surface area contributed by atoms with Crippen molar-refractivity contribution in [1.82, 2.24) is 4.90 Å². The first-order valence-electron chi connectivity index (χ1n) is 10.9. The number of fused-ring (bicyclic) bond motifs is 2. The van der Waals surface area contributed by atoms with Gasteiger partial charge in [-0.05, 0) is 44.0 Å². The number of anilines is 1. The second kappa shape index (κ2) is 7.82. The van der Waals surface area contributed by atoms with E-state index in [0.29, 0.717) is 18.7 Å². The Balaban J connectivity index is 1.60. The maximum absolute atomic E-state index is 14.1. The van der Waals surface area contributed by atoms with Crippen LogP contribution in [0.1, 0.15) is 38.2 Å². The number of aryl methyl sites for hydroxylation is 3. The van der Waals surface area contributed by atoms with Crippen LogP contribution in [0.25, 0.3) is 0 Å². The van der Waals surface area contributed by atoms with Gasteiger partial charge in [0.1, 0.15) is 0 Å². The van der Waals surface area contributed by atoms with E-state index < -0.39 is 4.87 Å². The molecule has 1 unspecified atom stereocenters. The van der Waals surface area contributed by atoms with E-state index in [-0.39, 0.29) is 11.8 Å². The maximum atomic E-state index is 14.1. The van der Waals surface area contributed by atoms with Crippen molar-refractivity contribution in [3.63, 3.8) is 0 Å². The lowest BCUT2D eigenvalue weighted by Crippen LogP contribution is -2.50. The molecule has 2 amide bonds. The van der Waals surface area contributed by atoms with Crippen LogP contribution in [0.15, 0.2) is 66.7 Å². The molecule has 1 saturated heterocycles. The molecule has 0 N–H and O–H groups in total. The molecule has 1 atom stereocenters. The van der Waals surface area contributed by atoms with Crippen LogP contribution < -0.4 is 4.90 Å². The number of hydrogen-bond acceptors (Lipinski definition) is 3. The number of carbonyl (C=O) groups excluding carboxylic acids is 2. The smallest absolute Gasteiger partial charge is 0.268 e. The summed E-state index contributed by atoms with van der Waals surface area (Å²) in [6, 6.07) is 22.0. The number of carbonyl (C=O) groups is 2. The minimum Gasteiger partial charge on any atom is -0.311 e. The normalized spacial score (nSPS) is 19.7. The van der Waals surface area contributed by atoms with Crippen molar-refractivity contribution >= 4 is 29.3 Å². The Hall–Kier alpha value is -3.05. The van der Waals surface area contributed by atoms with Gasteiger partial charge < -0.3 is 9.80 Å². The van der Waals surface area contributed by atoms with Crippen LogP contribution in [0.5, 0.6) is 0 Å². The van der Waals surface area contributed by atoms with Gasteiger partial charge in [-0.15, -0.1) is 11.8 Å². The molecular formula is C27H26N2O2S. The quantitative estimate of drug-likeness (QED) is 0.560. The Morgan fingerprint density at radius 3 is 2.44 bits per heavy atom. The summed E-state index contributed by atoms with van der Waals surface area (Å²) in [7, 11) is 0. The predicted molar refractivity (Wildman–Crippen MR) is 130 cm³/mol. The van der Waals surface area contributed by atoms with Crippen molar-refractivity contribution in [1.29, 1.82) is 0 Å². The van der Waals surface area contributed by atoms with Gasteiger partial charge >= 0.3 is 0 Å². The van der Waals surface area contributed by atoms with Gasteiger partial charge in [0.2, 0.25) is 0 Å². The number of benzene rings is 3. The molecule has 1 spiro atoms. The number of hydrogen-bond donors (Lipinski definition) is 0. The second-order valence-electron chi connectivity index (χ2n) is 8.66. The van der Waals surface area contributed by atoms with Crippen LogP contribution in [-0.4, -0.2) is 29.0 Å². The van der Waals surface area contributed by atoms with E-state index in [1.165, 1.54) is 5.56 Å². The van der Waals surface area contributed by atoms with Gasteiger partial charge in [0.25, 0.3) is 11.8 Å². The molecule has 162 valence electrons. The molecule has 2 aliphatic rings. The topological polar surface area (TPSA) is 40.6 Å².